The number of aromatic nitrogens is 2. The average Bonchev–Trinajstić information content (AvgIpc) is 2.59. The molecule has 0 radical (unpaired) electrons. The Labute approximate surface area is 98.9 Å². The van der Waals surface area contributed by atoms with Gasteiger partial charge in [-0.15, -0.1) is 0 Å². The molecule has 0 spiro atoms. The first-order chi connectivity index (χ1) is 7.61. The Hall–Kier alpha value is -0.721. The molecule has 6 nitrogen and oxygen atoms in total. The number of hydrogen-bond donors (Lipinski definition) is 3. The molecular formula is C9H12N2O4Se. The molecule has 0 aliphatic carbocycles. The van der Waals surface area contributed by atoms with Crippen LogP contribution in [0.15, 0.2) is 17.1 Å². The molecule has 1 aliphatic heterocycles. The van der Waals surface area contributed by atoms with Crippen molar-refractivity contribution in [3.63, 3.8) is 0 Å². The molecule has 2 heterocycles. The number of hydrogen-bond acceptors (Lipinski definition) is 4. The summed E-state index contributed by atoms with van der Waals surface area (Å²) in [7, 11) is 0. The van der Waals surface area contributed by atoms with Crippen LogP contribution in [0.25, 0.3) is 0 Å². The van der Waals surface area contributed by atoms with E-state index in [0.717, 1.165) is 0 Å². The van der Waals surface area contributed by atoms with Crippen molar-refractivity contribution < 1.29 is 14.9 Å². The van der Waals surface area contributed by atoms with Crippen molar-refractivity contribution in [2.75, 3.05) is 6.61 Å². The van der Waals surface area contributed by atoms with Crippen molar-refractivity contribution in [1.82, 2.24) is 9.55 Å². The number of aliphatic hydroxyl groups excluding tert-OH is 2. The van der Waals surface area contributed by atoms with E-state index >= 15 is 0 Å². The molecule has 3 N–H and O–H groups in total. The summed E-state index contributed by atoms with van der Waals surface area (Å²) in [5.41, 5.74) is -0.206. The molecule has 16 heavy (non-hydrogen) atoms. The summed E-state index contributed by atoms with van der Waals surface area (Å²) in [6.45, 7) is -0.218. The summed E-state index contributed by atoms with van der Waals surface area (Å²) in [6.07, 6.45) is 0.344. The van der Waals surface area contributed by atoms with Gasteiger partial charge in [0.25, 0.3) is 0 Å². The molecule has 0 aromatic carbocycles. The van der Waals surface area contributed by atoms with Gasteiger partial charge in [0.05, 0.1) is 0 Å². The standard InChI is InChI=1S/C9H12N2O4Se/c12-4-6-5(13)3-8(15-6)11-2-1-7(14)10-9(11)16/h1-2,5-6,8,12-13H,3-4H2,(H,10,14,16)/t5-,6+,8+/m0/s1. The number of ether oxygens (including phenoxy) is 1. The van der Waals surface area contributed by atoms with Crippen molar-refractivity contribution in [2.24, 2.45) is 0 Å². The molecule has 1 fully saturated rings. The second-order valence-electron chi connectivity index (χ2n) is 3.63. The second kappa shape index (κ2) is 4.65. The Morgan fingerprint density at radius 1 is 1.69 bits per heavy atom. The fourth-order valence-corrected chi connectivity index (χ4v) is 2.29. The molecule has 1 saturated heterocycles. The molecular weight excluding hydrogens is 279 g/mol. The van der Waals surface area contributed by atoms with Gasteiger partial charge < -0.3 is 0 Å². The van der Waals surface area contributed by atoms with Gasteiger partial charge in [0.2, 0.25) is 0 Å². The fourth-order valence-electron chi connectivity index (χ4n) is 1.70. The van der Waals surface area contributed by atoms with E-state index in [1.807, 2.05) is 0 Å². The third kappa shape index (κ3) is 2.18. The summed E-state index contributed by atoms with van der Waals surface area (Å²) in [5.74, 6) is 0. The first-order valence-corrected chi connectivity index (χ1v) is 5.73. The number of nitrogens with one attached hydrogen (secondary N) is 1. The first kappa shape index (κ1) is 11.8. The van der Waals surface area contributed by atoms with Crippen LogP contribution in [0.1, 0.15) is 12.6 Å². The zero-order valence-corrected chi connectivity index (χ0v) is 10.1. The Morgan fingerprint density at radius 3 is 3.00 bits per heavy atom. The SMILES string of the molecule is O=c1ccn([C@H]2C[C@H](O)[C@@H](CO)O2)c(=[Se])[nH]1. The predicted octanol–water partition coefficient (Wildman–Crippen LogP) is -1.48. The maximum atomic E-state index is 11.0. The van der Waals surface area contributed by atoms with E-state index in [1.165, 1.54) is 6.07 Å². The van der Waals surface area contributed by atoms with Crippen LogP contribution in [0.3, 0.4) is 0 Å². The minimum atomic E-state index is -0.686. The van der Waals surface area contributed by atoms with Crippen LogP contribution in [0.5, 0.6) is 0 Å². The van der Waals surface area contributed by atoms with Gasteiger partial charge in [-0.25, -0.2) is 0 Å². The van der Waals surface area contributed by atoms with Crippen LogP contribution in [0, 0.1) is 4.32 Å². The Kier molecular flexibility index (Phi) is 3.41. The van der Waals surface area contributed by atoms with Crippen LogP contribution in [-0.4, -0.2) is 54.2 Å². The fraction of sp³-hybridized carbons (Fsp3) is 0.556. The van der Waals surface area contributed by atoms with E-state index in [4.69, 9.17) is 9.84 Å². The van der Waals surface area contributed by atoms with E-state index in [2.05, 4.69) is 20.6 Å². The average molecular weight is 291 g/mol. The van der Waals surface area contributed by atoms with Crippen molar-refractivity contribution in [3.8, 4) is 0 Å². The van der Waals surface area contributed by atoms with Gasteiger partial charge in [-0.1, -0.05) is 0 Å². The van der Waals surface area contributed by atoms with Crippen LogP contribution >= 0.6 is 0 Å². The number of nitrogens with zero attached hydrogens (tertiary/aromatic N) is 1. The number of aliphatic hydroxyl groups is 2. The van der Waals surface area contributed by atoms with Crippen LogP contribution in [0.4, 0.5) is 0 Å². The molecule has 2 rings (SSSR count). The van der Waals surface area contributed by atoms with Gasteiger partial charge in [-0.2, -0.15) is 0 Å². The third-order valence-electron chi connectivity index (χ3n) is 2.55. The van der Waals surface area contributed by atoms with Crippen molar-refractivity contribution >= 4 is 15.6 Å². The maximum absolute atomic E-state index is 11.0. The number of H-pyrrole nitrogens is 1. The molecule has 88 valence electrons. The van der Waals surface area contributed by atoms with E-state index < -0.39 is 12.2 Å². The van der Waals surface area contributed by atoms with Crippen molar-refractivity contribution in [1.29, 1.82) is 0 Å². The van der Waals surface area contributed by atoms with E-state index in [-0.39, 0.29) is 18.4 Å². The second-order valence-corrected chi connectivity index (χ2v) is 4.44. The molecule has 0 unspecified atom stereocenters. The molecule has 1 aliphatic rings. The van der Waals surface area contributed by atoms with Crippen LogP contribution in [-0.2, 0) is 4.74 Å². The van der Waals surface area contributed by atoms with Gasteiger partial charge in [0.1, 0.15) is 0 Å². The third-order valence-corrected chi connectivity index (χ3v) is 3.20. The summed E-state index contributed by atoms with van der Waals surface area (Å²) in [6, 6.07) is 1.38. The summed E-state index contributed by atoms with van der Waals surface area (Å²) in [5, 5.41) is 18.5. The van der Waals surface area contributed by atoms with Gasteiger partial charge in [-0.3, -0.25) is 0 Å². The number of rotatable bonds is 2. The molecule has 1 aromatic heterocycles. The zero-order valence-electron chi connectivity index (χ0n) is 8.37. The van der Waals surface area contributed by atoms with E-state index in [1.54, 1.807) is 10.8 Å². The summed E-state index contributed by atoms with van der Waals surface area (Å²) < 4.78 is 7.66. The quantitative estimate of drug-likeness (QED) is 0.580. The molecule has 1 aromatic rings. The molecule has 0 saturated carbocycles. The minimum absolute atomic E-state index is 0.206. The first-order valence-electron chi connectivity index (χ1n) is 4.87. The molecule has 0 bridgehead atoms. The Morgan fingerprint density at radius 2 is 2.44 bits per heavy atom. The normalized spacial score (nSPS) is 29.5. The topological polar surface area (TPSA) is 87.5 Å². The monoisotopic (exact) mass is 292 g/mol. The van der Waals surface area contributed by atoms with Gasteiger partial charge in [0.15, 0.2) is 0 Å². The summed E-state index contributed by atoms with van der Waals surface area (Å²) >= 11 is 2.72. The molecule has 7 heteroatoms. The molecule has 3 atom stereocenters. The Balaban J connectivity index is 2.27. The van der Waals surface area contributed by atoms with Gasteiger partial charge in [-0.05, 0) is 0 Å². The Bertz CT molecular complexity index is 483. The van der Waals surface area contributed by atoms with Gasteiger partial charge in [0, 0.05) is 0 Å². The summed E-state index contributed by atoms with van der Waals surface area (Å²) in [4.78, 5) is 13.6. The van der Waals surface area contributed by atoms with Crippen LogP contribution < -0.4 is 5.56 Å². The van der Waals surface area contributed by atoms with E-state index in [9.17, 15) is 9.90 Å². The van der Waals surface area contributed by atoms with Crippen molar-refractivity contribution in [2.45, 2.75) is 24.9 Å². The van der Waals surface area contributed by atoms with E-state index in [0.29, 0.717) is 10.7 Å². The molecule has 0 amide bonds. The van der Waals surface area contributed by atoms with Gasteiger partial charge >= 0.3 is 98.5 Å². The van der Waals surface area contributed by atoms with Crippen molar-refractivity contribution in [3.05, 3.63) is 26.9 Å². The number of aromatic amines is 1. The zero-order chi connectivity index (χ0) is 11.7. The van der Waals surface area contributed by atoms with Crippen LogP contribution in [0.2, 0.25) is 0 Å². The predicted molar refractivity (Wildman–Crippen MR) is 55.7 cm³/mol.